The van der Waals surface area contributed by atoms with E-state index < -0.39 is 0 Å². The molecule has 144 valence electrons. The second-order valence-corrected chi connectivity index (χ2v) is 8.58. The van der Waals surface area contributed by atoms with E-state index in [2.05, 4.69) is 15.5 Å². The number of fused-ring (bicyclic) bond motifs is 1. The number of esters is 1. The summed E-state index contributed by atoms with van der Waals surface area (Å²) in [6, 6.07) is 0.192. The number of anilines is 1. The lowest BCUT2D eigenvalue weighted by atomic mass is 10.1. The lowest BCUT2D eigenvalue weighted by Gasteiger charge is -2.08. The van der Waals surface area contributed by atoms with Crippen LogP contribution >= 0.6 is 23.1 Å². The van der Waals surface area contributed by atoms with Crippen LogP contribution in [0, 0.1) is 0 Å². The van der Waals surface area contributed by atoms with Gasteiger partial charge < -0.3 is 10.1 Å². The van der Waals surface area contributed by atoms with Crippen LogP contribution < -0.4 is 11.0 Å². The molecule has 2 heterocycles. The number of H-pyrrole nitrogens is 1. The number of nitrogens with one attached hydrogen (secondary N) is 2. The summed E-state index contributed by atoms with van der Waals surface area (Å²) in [5, 5.41) is 10.4. The van der Waals surface area contributed by atoms with Gasteiger partial charge in [0.25, 0.3) is 0 Å². The lowest BCUT2D eigenvalue weighted by Crippen LogP contribution is -2.18. The van der Waals surface area contributed by atoms with E-state index in [4.69, 9.17) is 4.74 Å². The third-order valence-corrected chi connectivity index (χ3v) is 6.73. The molecule has 0 spiro atoms. The molecule has 0 saturated heterocycles. The van der Waals surface area contributed by atoms with Gasteiger partial charge in [0.05, 0.1) is 17.9 Å². The monoisotopic (exact) mass is 408 g/mol. The van der Waals surface area contributed by atoms with Crippen molar-refractivity contribution in [1.29, 1.82) is 0 Å². The Morgan fingerprint density at radius 1 is 1.41 bits per heavy atom. The molecule has 2 aliphatic rings. The zero-order valence-electron chi connectivity index (χ0n) is 14.9. The minimum absolute atomic E-state index is 0.113. The molecular weight excluding hydrogens is 388 g/mol. The van der Waals surface area contributed by atoms with Crippen molar-refractivity contribution in [2.45, 2.75) is 50.2 Å². The first kappa shape index (κ1) is 18.3. The summed E-state index contributed by atoms with van der Waals surface area (Å²) in [5.74, 6) is -0.500. The molecule has 2 N–H and O–H groups in total. The number of thioether (sulfide) groups is 1. The maximum absolute atomic E-state index is 12.4. The molecule has 27 heavy (non-hydrogen) atoms. The van der Waals surface area contributed by atoms with Crippen LogP contribution in [0.4, 0.5) is 5.00 Å². The van der Waals surface area contributed by atoms with E-state index >= 15 is 0 Å². The number of thiophene rings is 1. The zero-order chi connectivity index (χ0) is 19.0. The molecule has 0 unspecified atom stereocenters. The van der Waals surface area contributed by atoms with Gasteiger partial charge in [0.1, 0.15) is 5.00 Å². The summed E-state index contributed by atoms with van der Waals surface area (Å²) >= 11 is 2.67. The number of ether oxygens (including phenoxy) is 1. The third kappa shape index (κ3) is 3.68. The predicted molar refractivity (Wildman–Crippen MR) is 103 cm³/mol. The van der Waals surface area contributed by atoms with E-state index in [1.165, 1.54) is 23.1 Å². The minimum Gasteiger partial charge on any atom is -0.462 e. The Kier molecular flexibility index (Phi) is 5.09. The van der Waals surface area contributed by atoms with Crippen LogP contribution in [0.15, 0.2) is 9.95 Å². The first-order valence-electron chi connectivity index (χ1n) is 8.99. The van der Waals surface area contributed by atoms with Gasteiger partial charge in [-0.2, -0.15) is 0 Å². The van der Waals surface area contributed by atoms with Gasteiger partial charge in [0.15, 0.2) is 5.16 Å². The van der Waals surface area contributed by atoms with Crippen LogP contribution in [-0.4, -0.2) is 39.0 Å². The van der Waals surface area contributed by atoms with Crippen molar-refractivity contribution < 1.29 is 14.3 Å². The summed E-state index contributed by atoms with van der Waals surface area (Å²) < 4.78 is 6.79. The first-order chi connectivity index (χ1) is 13.1. The largest absolute Gasteiger partial charge is 0.462 e. The topological polar surface area (TPSA) is 106 Å². The maximum Gasteiger partial charge on any atom is 0.344 e. The van der Waals surface area contributed by atoms with Gasteiger partial charge in [0.2, 0.25) is 5.91 Å². The molecule has 2 aromatic heterocycles. The van der Waals surface area contributed by atoms with Gasteiger partial charge >= 0.3 is 11.7 Å². The Bertz CT molecular complexity index is 941. The van der Waals surface area contributed by atoms with Crippen LogP contribution in [0.25, 0.3) is 0 Å². The smallest absolute Gasteiger partial charge is 0.344 e. The zero-order valence-corrected chi connectivity index (χ0v) is 16.5. The average Bonchev–Trinajstić information content (AvgIpc) is 3.09. The molecule has 0 bridgehead atoms. The molecule has 1 saturated carbocycles. The summed E-state index contributed by atoms with van der Waals surface area (Å²) in [7, 11) is 0. The summed E-state index contributed by atoms with van der Waals surface area (Å²) in [6.45, 7) is 2.06. The van der Waals surface area contributed by atoms with E-state index in [1.807, 2.05) is 0 Å². The van der Waals surface area contributed by atoms with Gasteiger partial charge in [-0.05, 0) is 44.6 Å². The van der Waals surface area contributed by atoms with Crippen molar-refractivity contribution in [2.75, 3.05) is 17.7 Å². The second kappa shape index (κ2) is 7.51. The van der Waals surface area contributed by atoms with Gasteiger partial charge in [-0.25, -0.2) is 14.7 Å². The van der Waals surface area contributed by atoms with Crippen molar-refractivity contribution >= 4 is 40.0 Å². The van der Waals surface area contributed by atoms with Gasteiger partial charge in [-0.3, -0.25) is 9.36 Å². The highest BCUT2D eigenvalue weighted by Gasteiger charge is 2.30. The van der Waals surface area contributed by atoms with E-state index in [-0.39, 0.29) is 29.4 Å². The number of carbonyl (C=O) groups excluding carboxylic acids is 2. The summed E-state index contributed by atoms with van der Waals surface area (Å²) in [5.41, 5.74) is 1.28. The summed E-state index contributed by atoms with van der Waals surface area (Å²) in [4.78, 5) is 37.7. The van der Waals surface area contributed by atoms with Crippen LogP contribution in [0.3, 0.4) is 0 Å². The van der Waals surface area contributed by atoms with Crippen molar-refractivity contribution in [3.63, 3.8) is 0 Å². The van der Waals surface area contributed by atoms with Crippen LogP contribution in [0.5, 0.6) is 0 Å². The van der Waals surface area contributed by atoms with E-state index in [0.717, 1.165) is 42.5 Å². The fourth-order valence-corrected chi connectivity index (χ4v) is 5.36. The number of hydrogen-bond acceptors (Lipinski definition) is 7. The quantitative estimate of drug-likeness (QED) is 0.538. The Morgan fingerprint density at radius 3 is 2.96 bits per heavy atom. The van der Waals surface area contributed by atoms with Gasteiger partial charge in [0, 0.05) is 10.9 Å². The Hall–Kier alpha value is -2.07. The Balaban J connectivity index is 1.46. The molecule has 0 atom stereocenters. The number of hydrogen-bond donors (Lipinski definition) is 2. The predicted octanol–water partition coefficient (Wildman–Crippen LogP) is 2.36. The standard InChI is InChI=1S/C17H20N4O4S2/c1-2-25-15(23)13-10-4-3-5-11(10)27-14(13)18-12(22)8-26-17-20-19-16(24)21(17)9-6-7-9/h9H,2-8H2,1H3,(H,18,22)(H,19,24). The maximum atomic E-state index is 12.4. The molecule has 2 aliphatic carbocycles. The highest BCUT2D eigenvalue weighted by atomic mass is 32.2. The SMILES string of the molecule is CCOC(=O)c1c(NC(=O)CSc2n[nH]c(=O)n2C2CC2)sc2c1CCC2. The molecule has 1 fully saturated rings. The van der Waals surface area contributed by atoms with Crippen molar-refractivity contribution in [2.24, 2.45) is 0 Å². The molecule has 4 rings (SSSR count). The number of aromatic nitrogens is 3. The number of carbonyl (C=O) groups is 2. The highest BCUT2D eigenvalue weighted by molar-refractivity contribution is 7.99. The minimum atomic E-state index is -0.380. The number of rotatable bonds is 7. The molecule has 10 heteroatoms. The lowest BCUT2D eigenvalue weighted by molar-refractivity contribution is -0.113. The molecule has 1 amide bonds. The fourth-order valence-electron chi connectivity index (χ4n) is 3.25. The molecule has 0 aromatic carbocycles. The van der Waals surface area contributed by atoms with Crippen LogP contribution in [0.2, 0.25) is 0 Å². The van der Waals surface area contributed by atoms with Crippen molar-refractivity contribution in [3.8, 4) is 0 Å². The van der Waals surface area contributed by atoms with E-state index in [9.17, 15) is 14.4 Å². The normalized spacial score (nSPS) is 15.6. The number of aromatic amines is 1. The number of amides is 1. The van der Waals surface area contributed by atoms with Crippen molar-refractivity contribution in [3.05, 3.63) is 26.5 Å². The van der Waals surface area contributed by atoms with Crippen LogP contribution in [0.1, 0.15) is 53.0 Å². The van der Waals surface area contributed by atoms with Gasteiger partial charge in [-0.15, -0.1) is 16.4 Å². The van der Waals surface area contributed by atoms with E-state index in [0.29, 0.717) is 22.3 Å². The number of aryl methyl sites for hydroxylation is 1. The molecule has 8 nitrogen and oxygen atoms in total. The number of nitrogens with zero attached hydrogens (tertiary/aromatic N) is 2. The first-order valence-corrected chi connectivity index (χ1v) is 10.8. The van der Waals surface area contributed by atoms with Crippen molar-refractivity contribution in [1.82, 2.24) is 14.8 Å². The van der Waals surface area contributed by atoms with E-state index in [1.54, 1.807) is 11.5 Å². The average molecular weight is 409 g/mol. The molecular formula is C17H20N4O4S2. The Morgan fingerprint density at radius 2 is 2.22 bits per heavy atom. The third-order valence-electron chi connectivity index (χ3n) is 4.57. The second-order valence-electron chi connectivity index (χ2n) is 6.53. The Labute approximate surface area is 163 Å². The highest BCUT2D eigenvalue weighted by Crippen LogP contribution is 2.40. The molecule has 2 aromatic rings. The van der Waals surface area contributed by atoms with Gasteiger partial charge in [-0.1, -0.05) is 11.8 Å². The molecule has 0 aliphatic heterocycles. The van der Waals surface area contributed by atoms with Crippen LogP contribution in [-0.2, 0) is 22.4 Å². The fraction of sp³-hybridized carbons (Fsp3) is 0.529. The molecule has 0 radical (unpaired) electrons. The summed E-state index contributed by atoms with van der Waals surface area (Å²) in [6.07, 6.45) is 4.71.